The molecule has 1 atom stereocenters. The molecule has 0 saturated carbocycles. The van der Waals surface area contributed by atoms with Gasteiger partial charge in [-0.05, 0) is 37.6 Å². The average Bonchev–Trinajstić information content (AvgIpc) is 2.92. The molecule has 0 aromatic heterocycles. The lowest BCUT2D eigenvalue weighted by Crippen LogP contribution is -2.32. The van der Waals surface area contributed by atoms with Gasteiger partial charge in [0.2, 0.25) is 5.91 Å². The van der Waals surface area contributed by atoms with E-state index in [0.717, 1.165) is 25.3 Å². The molecular weight excluding hydrogens is 240 g/mol. The van der Waals surface area contributed by atoms with Crippen LogP contribution in [0.3, 0.4) is 0 Å². The van der Waals surface area contributed by atoms with Gasteiger partial charge in [0.25, 0.3) is 0 Å². The molecule has 4 nitrogen and oxygen atoms in total. The van der Waals surface area contributed by atoms with Crippen molar-refractivity contribution >= 4 is 5.91 Å². The molecule has 0 spiro atoms. The molecule has 0 bridgehead atoms. The van der Waals surface area contributed by atoms with Crippen LogP contribution in [0.25, 0.3) is 0 Å². The number of hydrogen-bond acceptors (Lipinski definition) is 3. The third kappa shape index (κ3) is 4.56. The second kappa shape index (κ2) is 7.14. The van der Waals surface area contributed by atoms with Gasteiger partial charge in [-0.1, -0.05) is 18.2 Å². The van der Waals surface area contributed by atoms with E-state index in [0.29, 0.717) is 25.5 Å². The molecule has 2 rings (SSSR count). The molecule has 1 amide bonds. The van der Waals surface area contributed by atoms with Crippen molar-refractivity contribution in [3.63, 3.8) is 0 Å². The summed E-state index contributed by atoms with van der Waals surface area (Å²) in [7, 11) is 1.85. The average molecular weight is 262 g/mol. The number of carbonyl (C=O) groups excluding carboxylic acids is 1. The van der Waals surface area contributed by atoms with Crippen molar-refractivity contribution in [3.8, 4) is 5.75 Å². The molecule has 1 saturated heterocycles. The van der Waals surface area contributed by atoms with Gasteiger partial charge < -0.3 is 15.0 Å². The molecule has 1 aliphatic rings. The zero-order valence-electron chi connectivity index (χ0n) is 11.5. The minimum atomic E-state index is 0.213. The van der Waals surface area contributed by atoms with Crippen LogP contribution in [-0.2, 0) is 4.79 Å². The Morgan fingerprint density at radius 1 is 1.42 bits per heavy atom. The first-order chi connectivity index (χ1) is 9.25. The predicted octanol–water partition coefficient (Wildman–Crippen LogP) is 1.52. The van der Waals surface area contributed by atoms with E-state index in [4.69, 9.17) is 4.74 Å². The van der Waals surface area contributed by atoms with Gasteiger partial charge in [-0.2, -0.15) is 0 Å². The second-order valence-corrected chi connectivity index (χ2v) is 5.04. The number of likely N-dealkylation sites (N-methyl/N-ethyl adjacent to an activating group) is 1. The number of nitrogens with zero attached hydrogens (tertiary/aromatic N) is 1. The maximum atomic E-state index is 12.0. The zero-order chi connectivity index (χ0) is 13.5. The highest BCUT2D eigenvalue weighted by Crippen LogP contribution is 2.13. The predicted molar refractivity (Wildman–Crippen MR) is 75.2 cm³/mol. The minimum Gasteiger partial charge on any atom is -0.492 e. The smallest absolute Gasteiger partial charge is 0.222 e. The van der Waals surface area contributed by atoms with Crippen molar-refractivity contribution in [1.29, 1.82) is 0 Å². The number of amides is 1. The lowest BCUT2D eigenvalue weighted by atomic mass is 10.0. The summed E-state index contributed by atoms with van der Waals surface area (Å²) in [6.07, 6.45) is 1.76. The van der Waals surface area contributed by atoms with E-state index >= 15 is 0 Å². The highest BCUT2D eigenvalue weighted by atomic mass is 16.5. The summed E-state index contributed by atoms with van der Waals surface area (Å²) in [4.78, 5) is 13.7. The summed E-state index contributed by atoms with van der Waals surface area (Å²) < 4.78 is 5.59. The first-order valence-electron chi connectivity index (χ1n) is 6.88. The van der Waals surface area contributed by atoms with Crippen LogP contribution in [0.4, 0.5) is 0 Å². The van der Waals surface area contributed by atoms with Crippen LogP contribution in [-0.4, -0.2) is 44.1 Å². The normalized spacial score (nSPS) is 18.3. The monoisotopic (exact) mass is 262 g/mol. The molecular formula is C15H22N2O2. The van der Waals surface area contributed by atoms with Gasteiger partial charge in [0.05, 0.1) is 6.54 Å². The molecule has 1 heterocycles. The zero-order valence-corrected chi connectivity index (χ0v) is 11.5. The van der Waals surface area contributed by atoms with Crippen molar-refractivity contribution < 1.29 is 9.53 Å². The molecule has 4 heteroatoms. The molecule has 1 aromatic carbocycles. The molecule has 1 unspecified atom stereocenters. The van der Waals surface area contributed by atoms with Crippen molar-refractivity contribution in [2.45, 2.75) is 12.8 Å². The van der Waals surface area contributed by atoms with Gasteiger partial charge in [0, 0.05) is 13.5 Å². The van der Waals surface area contributed by atoms with Gasteiger partial charge in [-0.3, -0.25) is 4.79 Å². The number of benzene rings is 1. The summed E-state index contributed by atoms with van der Waals surface area (Å²) in [6, 6.07) is 9.69. The Morgan fingerprint density at radius 3 is 2.89 bits per heavy atom. The second-order valence-electron chi connectivity index (χ2n) is 5.04. The summed E-state index contributed by atoms with van der Waals surface area (Å²) in [5, 5.41) is 3.29. The quantitative estimate of drug-likeness (QED) is 0.845. The molecule has 0 aliphatic carbocycles. The summed E-state index contributed by atoms with van der Waals surface area (Å²) in [5.41, 5.74) is 0. The maximum Gasteiger partial charge on any atom is 0.222 e. The number of rotatable bonds is 6. The van der Waals surface area contributed by atoms with E-state index in [1.165, 1.54) is 0 Å². The Hall–Kier alpha value is -1.55. The van der Waals surface area contributed by atoms with E-state index in [1.54, 1.807) is 4.90 Å². The fourth-order valence-electron chi connectivity index (χ4n) is 2.23. The number of nitrogens with one attached hydrogen (secondary N) is 1. The summed E-state index contributed by atoms with van der Waals surface area (Å²) in [5.74, 6) is 1.57. The van der Waals surface area contributed by atoms with Crippen LogP contribution in [0, 0.1) is 5.92 Å². The highest BCUT2D eigenvalue weighted by molar-refractivity contribution is 5.76. The highest BCUT2D eigenvalue weighted by Gasteiger charge is 2.19. The first-order valence-corrected chi connectivity index (χ1v) is 6.88. The van der Waals surface area contributed by atoms with Crippen LogP contribution in [0.2, 0.25) is 0 Å². The minimum absolute atomic E-state index is 0.213. The van der Waals surface area contributed by atoms with Crippen LogP contribution in [0.15, 0.2) is 30.3 Å². The third-order valence-electron chi connectivity index (χ3n) is 3.49. The lowest BCUT2D eigenvalue weighted by Gasteiger charge is -2.19. The topological polar surface area (TPSA) is 41.6 Å². The van der Waals surface area contributed by atoms with E-state index in [9.17, 15) is 4.79 Å². The number of carbonyl (C=O) groups is 1. The van der Waals surface area contributed by atoms with Gasteiger partial charge in [-0.25, -0.2) is 0 Å². The fourth-order valence-corrected chi connectivity index (χ4v) is 2.23. The standard InChI is InChI=1S/C15H22N2O2/c1-17(15(18)11-13-7-8-16-12-13)9-10-19-14-5-3-2-4-6-14/h2-6,13,16H,7-12H2,1H3. The molecule has 1 N–H and O–H groups in total. The Kier molecular flexibility index (Phi) is 5.21. The van der Waals surface area contributed by atoms with E-state index in [-0.39, 0.29) is 5.91 Å². The summed E-state index contributed by atoms with van der Waals surface area (Å²) >= 11 is 0. The number of ether oxygens (including phenoxy) is 1. The molecule has 0 radical (unpaired) electrons. The van der Waals surface area contributed by atoms with Crippen LogP contribution >= 0.6 is 0 Å². The van der Waals surface area contributed by atoms with Gasteiger partial charge >= 0.3 is 0 Å². The molecule has 1 aliphatic heterocycles. The van der Waals surface area contributed by atoms with Gasteiger partial charge in [0.15, 0.2) is 0 Å². The maximum absolute atomic E-state index is 12.0. The Labute approximate surface area is 114 Å². The van der Waals surface area contributed by atoms with E-state index in [1.807, 2.05) is 37.4 Å². The van der Waals surface area contributed by atoms with Crippen LogP contribution in [0.1, 0.15) is 12.8 Å². The third-order valence-corrected chi connectivity index (χ3v) is 3.49. The SMILES string of the molecule is CN(CCOc1ccccc1)C(=O)CC1CCNC1. The van der Waals surface area contributed by atoms with Crippen molar-refractivity contribution in [2.24, 2.45) is 5.92 Å². The Bertz CT molecular complexity index is 388. The van der Waals surface area contributed by atoms with E-state index < -0.39 is 0 Å². The number of para-hydroxylation sites is 1. The molecule has 104 valence electrons. The largest absolute Gasteiger partial charge is 0.492 e. The molecule has 1 fully saturated rings. The Morgan fingerprint density at radius 2 is 2.21 bits per heavy atom. The summed E-state index contributed by atoms with van der Waals surface area (Å²) in [6.45, 7) is 3.18. The molecule has 1 aromatic rings. The van der Waals surface area contributed by atoms with E-state index in [2.05, 4.69) is 5.32 Å². The van der Waals surface area contributed by atoms with Crippen molar-refractivity contribution in [2.75, 3.05) is 33.3 Å². The van der Waals surface area contributed by atoms with Gasteiger partial charge in [-0.15, -0.1) is 0 Å². The lowest BCUT2D eigenvalue weighted by molar-refractivity contribution is -0.131. The Balaban J connectivity index is 1.65. The fraction of sp³-hybridized carbons (Fsp3) is 0.533. The molecule has 19 heavy (non-hydrogen) atoms. The van der Waals surface area contributed by atoms with Crippen LogP contribution < -0.4 is 10.1 Å². The van der Waals surface area contributed by atoms with Crippen molar-refractivity contribution in [1.82, 2.24) is 10.2 Å². The number of hydrogen-bond donors (Lipinski definition) is 1. The van der Waals surface area contributed by atoms with Crippen molar-refractivity contribution in [3.05, 3.63) is 30.3 Å². The van der Waals surface area contributed by atoms with Crippen LogP contribution in [0.5, 0.6) is 5.75 Å². The van der Waals surface area contributed by atoms with Gasteiger partial charge in [0.1, 0.15) is 12.4 Å². The first kappa shape index (κ1) is 13.9.